The first-order chi connectivity index (χ1) is 6.69. The van der Waals surface area contributed by atoms with Crippen molar-refractivity contribution in [3.05, 3.63) is 29.6 Å². The third-order valence-electron chi connectivity index (χ3n) is 1.91. The van der Waals surface area contributed by atoms with E-state index in [2.05, 4.69) is 0 Å². The standard InChI is InChI=1S/C10H11FN2O/c1-14-7-2-3-9(11)8(6-7)10(13)4-5-12/h2-3,6,10H,4,13H2,1H3. The second kappa shape index (κ2) is 4.58. The zero-order valence-electron chi connectivity index (χ0n) is 7.83. The highest BCUT2D eigenvalue weighted by molar-refractivity contribution is 5.32. The van der Waals surface area contributed by atoms with Crippen LogP contribution in [0.2, 0.25) is 0 Å². The Balaban J connectivity index is 3.00. The Kier molecular flexibility index (Phi) is 3.43. The molecule has 4 heteroatoms. The zero-order chi connectivity index (χ0) is 10.6. The van der Waals surface area contributed by atoms with Gasteiger partial charge in [-0.25, -0.2) is 4.39 Å². The van der Waals surface area contributed by atoms with Gasteiger partial charge >= 0.3 is 0 Å². The molecule has 14 heavy (non-hydrogen) atoms. The molecule has 1 atom stereocenters. The number of methoxy groups -OCH3 is 1. The van der Waals surface area contributed by atoms with Gasteiger partial charge in [0, 0.05) is 11.6 Å². The molecule has 1 aromatic carbocycles. The molecule has 0 saturated carbocycles. The number of benzene rings is 1. The normalized spacial score (nSPS) is 11.9. The van der Waals surface area contributed by atoms with E-state index in [4.69, 9.17) is 15.7 Å². The molecule has 1 rings (SSSR count). The second-order valence-electron chi connectivity index (χ2n) is 2.86. The van der Waals surface area contributed by atoms with E-state index in [1.807, 2.05) is 6.07 Å². The van der Waals surface area contributed by atoms with Crippen LogP contribution in [0.3, 0.4) is 0 Å². The smallest absolute Gasteiger partial charge is 0.128 e. The Bertz CT molecular complexity index is 360. The van der Waals surface area contributed by atoms with E-state index in [9.17, 15) is 4.39 Å². The van der Waals surface area contributed by atoms with Crippen LogP contribution in [0.1, 0.15) is 18.0 Å². The molecule has 0 heterocycles. The van der Waals surface area contributed by atoms with Gasteiger partial charge < -0.3 is 10.5 Å². The monoisotopic (exact) mass is 194 g/mol. The van der Waals surface area contributed by atoms with Crippen molar-refractivity contribution in [2.24, 2.45) is 5.73 Å². The fourth-order valence-electron chi connectivity index (χ4n) is 1.14. The first kappa shape index (κ1) is 10.5. The maximum absolute atomic E-state index is 13.2. The van der Waals surface area contributed by atoms with Gasteiger partial charge in [0.25, 0.3) is 0 Å². The van der Waals surface area contributed by atoms with E-state index < -0.39 is 11.9 Å². The summed E-state index contributed by atoms with van der Waals surface area (Å²) in [5, 5.41) is 8.43. The van der Waals surface area contributed by atoms with Crippen molar-refractivity contribution in [2.45, 2.75) is 12.5 Å². The molecule has 0 amide bonds. The molecule has 0 aromatic heterocycles. The quantitative estimate of drug-likeness (QED) is 0.797. The van der Waals surface area contributed by atoms with Crippen LogP contribution in [0, 0.1) is 17.1 Å². The maximum atomic E-state index is 13.2. The van der Waals surface area contributed by atoms with E-state index in [1.54, 1.807) is 0 Å². The molecule has 3 nitrogen and oxygen atoms in total. The van der Waals surface area contributed by atoms with E-state index in [1.165, 1.54) is 25.3 Å². The average molecular weight is 194 g/mol. The van der Waals surface area contributed by atoms with Crippen LogP contribution in [0.4, 0.5) is 4.39 Å². The molecule has 1 unspecified atom stereocenters. The van der Waals surface area contributed by atoms with Gasteiger partial charge in [-0.05, 0) is 18.2 Å². The molecular weight excluding hydrogens is 183 g/mol. The SMILES string of the molecule is COc1ccc(F)c(C(N)CC#N)c1. The highest BCUT2D eigenvalue weighted by Gasteiger charge is 2.11. The molecule has 0 bridgehead atoms. The lowest BCUT2D eigenvalue weighted by molar-refractivity contribution is 0.412. The fourth-order valence-corrected chi connectivity index (χ4v) is 1.14. The first-order valence-corrected chi connectivity index (χ1v) is 4.15. The number of hydrogen-bond acceptors (Lipinski definition) is 3. The van der Waals surface area contributed by atoms with E-state index in [-0.39, 0.29) is 6.42 Å². The summed E-state index contributed by atoms with van der Waals surface area (Å²) < 4.78 is 18.2. The van der Waals surface area contributed by atoms with Gasteiger partial charge in [-0.15, -0.1) is 0 Å². The van der Waals surface area contributed by atoms with Gasteiger partial charge in [0.15, 0.2) is 0 Å². The lowest BCUT2D eigenvalue weighted by Crippen LogP contribution is -2.11. The van der Waals surface area contributed by atoms with Crippen molar-refractivity contribution < 1.29 is 9.13 Å². The van der Waals surface area contributed by atoms with Gasteiger partial charge in [0.1, 0.15) is 11.6 Å². The van der Waals surface area contributed by atoms with Gasteiger partial charge in [-0.3, -0.25) is 0 Å². The van der Waals surface area contributed by atoms with Gasteiger partial charge in [0.05, 0.1) is 19.6 Å². The molecule has 0 aliphatic carbocycles. The molecule has 0 fully saturated rings. The Labute approximate surface area is 81.9 Å². The fraction of sp³-hybridized carbons (Fsp3) is 0.300. The summed E-state index contributed by atoms with van der Waals surface area (Å²) in [7, 11) is 1.49. The van der Waals surface area contributed by atoms with Crippen LogP contribution in [0.25, 0.3) is 0 Å². The number of rotatable bonds is 3. The van der Waals surface area contributed by atoms with Crippen LogP contribution in [-0.2, 0) is 0 Å². The number of nitrogens with zero attached hydrogens (tertiary/aromatic N) is 1. The number of nitrogens with two attached hydrogens (primary N) is 1. The Morgan fingerprint density at radius 3 is 2.93 bits per heavy atom. The molecule has 1 aromatic rings. The van der Waals surface area contributed by atoms with Crippen molar-refractivity contribution in [1.82, 2.24) is 0 Å². The minimum atomic E-state index is -0.602. The van der Waals surface area contributed by atoms with Crippen molar-refractivity contribution >= 4 is 0 Å². The van der Waals surface area contributed by atoms with Gasteiger partial charge in [-0.1, -0.05) is 0 Å². The molecule has 0 aliphatic heterocycles. The maximum Gasteiger partial charge on any atom is 0.128 e. The van der Waals surface area contributed by atoms with Crippen molar-refractivity contribution in [2.75, 3.05) is 7.11 Å². The van der Waals surface area contributed by atoms with Gasteiger partial charge in [-0.2, -0.15) is 5.26 Å². The first-order valence-electron chi connectivity index (χ1n) is 4.15. The predicted molar refractivity (Wildman–Crippen MR) is 50.1 cm³/mol. The zero-order valence-corrected chi connectivity index (χ0v) is 7.83. The van der Waals surface area contributed by atoms with Crippen LogP contribution >= 0.6 is 0 Å². The van der Waals surface area contributed by atoms with Gasteiger partial charge in [0.2, 0.25) is 0 Å². The topological polar surface area (TPSA) is 59.0 Å². The third-order valence-corrected chi connectivity index (χ3v) is 1.91. The van der Waals surface area contributed by atoms with Crippen LogP contribution in [0.15, 0.2) is 18.2 Å². The largest absolute Gasteiger partial charge is 0.497 e. The summed E-state index contributed by atoms with van der Waals surface area (Å²) in [5.41, 5.74) is 5.92. The number of ether oxygens (including phenoxy) is 1. The summed E-state index contributed by atoms with van der Waals surface area (Å²) in [5.74, 6) is 0.128. The molecule has 2 N–H and O–H groups in total. The second-order valence-corrected chi connectivity index (χ2v) is 2.86. The lowest BCUT2D eigenvalue weighted by Gasteiger charge is -2.10. The van der Waals surface area contributed by atoms with Crippen molar-refractivity contribution in [3.8, 4) is 11.8 Å². The molecule has 0 saturated heterocycles. The van der Waals surface area contributed by atoms with Crippen LogP contribution in [-0.4, -0.2) is 7.11 Å². The number of nitriles is 1. The molecular formula is C10H11FN2O. The number of halogens is 1. The molecule has 0 aliphatic rings. The average Bonchev–Trinajstić information content (AvgIpc) is 2.19. The van der Waals surface area contributed by atoms with Crippen LogP contribution in [0.5, 0.6) is 5.75 Å². The highest BCUT2D eigenvalue weighted by Crippen LogP contribution is 2.22. The summed E-state index contributed by atoms with van der Waals surface area (Å²) in [4.78, 5) is 0. The Morgan fingerprint density at radius 2 is 2.36 bits per heavy atom. The Hall–Kier alpha value is -1.60. The summed E-state index contributed by atoms with van der Waals surface area (Å²) in [6, 6.07) is 5.60. The van der Waals surface area contributed by atoms with E-state index in [0.29, 0.717) is 11.3 Å². The van der Waals surface area contributed by atoms with Crippen LogP contribution < -0.4 is 10.5 Å². The number of hydrogen-bond donors (Lipinski definition) is 1. The summed E-state index contributed by atoms with van der Waals surface area (Å²) >= 11 is 0. The lowest BCUT2D eigenvalue weighted by atomic mass is 10.0. The van der Waals surface area contributed by atoms with E-state index >= 15 is 0 Å². The molecule has 0 radical (unpaired) electrons. The van der Waals surface area contributed by atoms with Crippen molar-refractivity contribution in [3.63, 3.8) is 0 Å². The predicted octanol–water partition coefficient (Wildman–Crippen LogP) is 1.75. The highest BCUT2D eigenvalue weighted by atomic mass is 19.1. The molecule has 0 spiro atoms. The minimum Gasteiger partial charge on any atom is -0.497 e. The summed E-state index contributed by atoms with van der Waals surface area (Å²) in [6.07, 6.45) is 0.0874. The minimum absolute atomic E-state index is 0.0874. The van der Waals surface area contributed by atoms with Crippen molar-refractivity contribution in [1.29, 1.82) is 5.26 Å². The Morgan fingerprint density at radius 1 is 1.64 bits per heavy atom. The summed E-state index contributed by atoms with van der Waals surface area (Å²) in [6.45, 7) is 0. The molecule has 74 valence electrons. The van der Waals surface area contributed by atoms with E-state index in [0.717, 1.165) is 0 Å². The third kappa shape index (κ3) is 2.21.